The molecule has 0 radical (unpaired) electrons. The smallest absolute Gasteiger partial charge is 0.154 e. The number of aromatic nitrogens is 3. The van der Waals surface area contributed by atoms with E-state index in [0.717, 1.165) is 40.7 Å². The van der Waals surface area contributed by atoms with Gasteiger partial charge in [0.25, 0.3) is 0 Å². The number of anilines is 1. The van der Waals surface area contributed by atoms with Crippen LogP contribution in [0.15, 0.2) is 42.6 Å². The van der Waals surface area contributed by atoms with Crippen LogP contribution in [-0.4, -0.2) is 21.1 Å². The first kappa shape index (κ1) is 14.2. The number of rotatable bonds is 6. The Kier molecular flexibility index (Phi) is 3.71. The Morgan fingerprint density at radius 2 is 1.96 bits per heavy atom. The van der Waals surface area contributed by atoms with Crippen molar-refractivity contribution in [2.45, 2.75) is 25.8 Å². The molecule has 1 fully saturated rings. The summed E-state index contributed by atoms with van der Waals surface area (Å²) in [6, 6.07) is 12.2. The first-order valence-electron chi connectivity index (χ1n) is 8.21. The number of nitrogens with two attached hydrogens (primary N) is 1. The maximum atomic E-state index is 5.66. The van der Waals surface area contributed by atoms with E-state index in [4.69, 9.17) is 5.73 Å². The molecular weight excluding hydrogens is 286 g/mol. The third-order valence-corrected chi connectivity index (χ3v) is 4.40. The lowest BCUT2D eigenvalue weighted by Gasteiger charge is -2.07. The lowest BCUT2D eigenvalue weighted by Crippen LogP contribution is -2.06. The molecule has 0 amide bonds. The minimum absolute atomic E-state index is 0.556. The fraction of sp³-hybridized carbons (Fsp3) is 0.333. The molecular formula is C18H21N5. The topological polar surface area (TPSA) is 68.2 Å². The molecule has 5 heteroatoms. The molecule has 1 aliphatic rings. The van der Waals surface area contributed by atoms with Gasteiger partial charge in [0.05, 0.1) is 11.9 Å². The van der Waals surface area contributed by atoms with Crippen LogP contribution in [0.25, 0.3) is 16.9 Å². The highest BCUT2D eigenvalue weighted by Gasteiger charge is 2.20. The summed E-state index contributed by atoms with van der Waals surface area (Å²) in [7, 11) is 0. The highest BCUT2D eigenvalue weighted by atomic mass is 15.3. The van der Waals surface area contributed by atoms with E-state index in [0.29, 0.717) is 6.54 Å². The van der Waals surface area contributed by atoms with E-state index >= 15 is 0 Å². The Labute approximate surface area is 135 Å². The summed E-state index contributed by atoms with van der Waals surface area (Å²) < 4.78 is 1.90. The van der Waals surface area contributed by atoms with Crippen molar-refractivity contribution in [3.05, 3.63) is 48.2 Å². The zero-order valence-corrected chi connectivity index (χ0v) is 13.1. The molecule has 0 unspecified atom stereocenters. The summed E-state index contributed by atoms with van der Waals surface area (Å²) in [5.74, 6) is 1.83. The summed E-state index contributed by atoms with van der Waals surface area (Å²) in [5.41, 5.74) is 9.73. The number of nitrogens with one attached hydrogen (secondary N) is 1. The van der Waals surface area contributed by atoms with Crippen LogP contribution in [0.1, 0.15) is 24.8 Å². The maximum Gasteiger partial charge on any atom is 0.154 e. The quantitative estimate of drug-likeness (QED) is 0.734. The molecule has 23 heavy (non-hydrogen) atoms. The van der Waals surface area contributed by atoms with Crippen LogP contribution in [-0.2, 0) is 6.54 Å². The zero-order chi connectivity index (χ0) is 15.6. The standard InChI is InChI=1S/C18H21N5/c19-11-14-3-5-15(6-4-14)16-12-21-18-8-7-17(22-23(16)18)20-10-9-13-1-2-13/h3-8,12-13H,1-2,9-11,19H2,(H,20,22). The van der Waals surface area contributed by atoms with Crippen molar-refractivity contribution < 1.29 is 0 Å². The second kappa shape index (κ2) is 6.01. The molecule has 0 bridgehead atoms. The van der Waals surface area contributed by atoms with E-state index in [1.807, 2.05) is 35.0 Å². The number of hydrogen-bond acceptors (Lipinski definition) is 4. The first-order valence-corrected chi connectivity index (χ1v) is 8.21. The third kappa shape index (κ3) is 3.05. The average Bonchev–Trinajstić information content (AvgIpc) is 3.32. The molecule has 0 spiro atoms. The van der Waals surface area contributed by atoms with E-state index in [9.17, 15) is 0 Å². The Morgan fingerprint density at radius 1 is 1.13 bits per heavy atom. The van der Waals surface area contributed by atoms with Gasteiger partial charge in [-0.2, -0.15) is 0 Å². The minimum atomic E-state index is 0.556. The number of hydrogen-bond donors (Lipinski definition) is 2. The van der Waals surface area contributed by atoms with Crippen LogP contribution < -0.4 is 11.1 Å². The number of benzene rings is 1. The van der Waals surface area contributed by atoms with Gasteiger partial charge in [-0.05, 0) is 30.0 Å². The normalized spacial score (nSPS) is 14.3. The zero-order valence-electron chi connectivity index (χ0n) is 13.1. The predicted octanol–water partition coefficient (Wildman–Crippen LogP) is 3.07. The van der Waals surface area contributed by atoms with Gasteiger partial charge in [0.1, 0.15) is 5.82 Å². The predicted molar refractivity (Wildman–Crippen MR) is 92.1 cm³/mol. The molecule has 0 aliphatic heterocycles. The van der Waals surface area contributed by atoms with Gasteiger partial charge < -0.3 is 11.1 Å². The Morgan fingerprint density at radius 3 is 2.70 bits per heavy atom. The second-order valence-corrected chi connectivity index (χ2v) is 6.19. The third-order valence-electron chi connectivity index (χ3n) is 4.40. The molecule has 2 heterocycles. The van der Waals surface area contributed by atoms with Crippen molar-refractivity contribution in [3.8, 4) is 11.3 Å². The fourth-order valence-electron chi connectivity index (χ4n) is 2.79. The summed E-state index contributed by atoms with van der Waals surface area (Å²) in [6.07, 6.45) is 5.88. The molecule has 4 rings (SSSR count). The van der Waals surface area contributed by atoms with Gasteiger partial charge in [0, 0.05) is 18.7 Å². The first-order chi connectivity index (χ1) is 11.3. The second-order valence-electron chi connectivity index (χ2n) is 6.19. The van der Waals surface area contributed by atoms with Crippen molar-refractivity contribution in [3.63, 3.8) is 0 Å². The van der Waals surface area contributed by atoms with Crippen molar-refractivity contribution >= 4 is 11.5 Å². The Hall–Kier alpha value is -2.40. The van der Waals surface area contributed by atoms with Gasteiger partial charge in [0.2, 0.25) is 0 Å². The fourth-order valence-corrected chi connectivity index (χ4v) is 2.79. The summed E-state index contributed by atoms with van der Waals surface area (Å²) in [6.45, 7) is 1.54. The SMILES string of the molecule is NCc1ccc(-c2cnc3ccc(NCCC4CC4)nn23)cc1. The molecule has 118 valence electrons. The van der Waals surface area contributed by atoms with Gasteiger partial charge in [-0.3, -0.25) is 0 Å². The summed E-state index contributed by atoms with van der Waals surface area (Å²) >= 11 is 0. The van der Waals surface area contributed by atoms with Crippen LogP contribution >= 0.6 is 0 Å². The van der Waals surface area contributed by atoms with Gasteiger partial charge in [0.15, 0.2) is 5.65 Å². The lowest BCUT2D eigenvalue weighted by atomic mass is 10.1. The monoisotopic (exact) mass is 307 g/mol. The molecule has 1 saturated carbocycles. The molecule has 1 aliphatic carbocycles. The van der Waals surface area contributed by atoms with Crippen LogP contribution in [0.2, 0.25) is 0 Å². The molecule has 0 saturated heterocycles. The van der Waals surface area contributed by atoms with Crippen molar-refractivity contribution in [2.24, 2.45) is 11.7 Å². The van der Waals surface area contributed by atoms with Crippen molar-refractivity contribution in [1.29, 1.82) is 0 Å². The molecule has 3 N–H and O–H groups in total. The minimum Gasteiger partial charge on any atom is -0.369 e. The van der Waals surface area contributed by atoms with E-state index in [2.05, 4.69) is 27.5 Å². The Bertz CT molecular complexity index is 802. The summed E-state index contributed by atoms with van der Waals surface area (Å²) in [4.78, 5) is 4.45. The lowest BCUT2D eigenvalue weighted by molar-refractivity contribution is 0.755. The molecule has 5 nitrogen and oxygen atoms in total. The van der Waals surface area contributed by atoms with E-state index in [-0.39, 0.29) is 0 Å². The van der Waals surface area contributed by atoms with Crippen LogP contribution in [0, 0.1) is 5.92 Å². The van der Waals surface area contributed by atoms with Crippen LogP contribution in [0.5, 0.6) is 0 Å². The van der Waals surface area contributed by atoms with Crippen molar-refractivity contribution in [1.82, 2.24) is 14.6 Å². The molecule has 3 aromatic rings. The largest absolute Gasteiger partial charge is 0.369 e. The van der Waals surface area contributed by atoms with Crippen LogP contribution in [0.3, 0.4) is 0 Å². The number of nitrogens with zero attached hydrogens (tertiary/aromatic N) is 3. The number of imidazole rings is 1. The van der Waals surface area contributed by atoms with E-state index < -0.39 is 0 Å². The van der Waals surface area contributed by atoms with Gasteiger partial charge in [-0.1, -0.05) is 37.1 Å². The number of fused-ring (bicyclic) bond motifs is 1. The van der Waals surface area contributed by atoms with Gasteiger partial charge in [-0.25, -0.2) is 9.50 Å². The highest BCUT2D eigenvalue weighted by Crippen LogP contribution is 2.32. The molecule has 0 atom stereocenters. The van der Waals surface area contributed by atoms with Crippen molar-refractivity contribution in [2.75, 3.05) is 11.9 Å². The highest BCUT2D eigenvalue weighted by molar-refractivity contribution is 5.63. The maximum absolute atomic E-state index is 5.66. The average molecular weight is 307 g/mol. The van der Waals surface area contributed by atoms with E-state index in [1.165, 1.54) is 19.3 Å². The summed E-state index contributed by atoms with van der Waals surface area (Å²) in [5, 5.41) is 8.11. The van der Waals surface area contributed by atoms with Gasteiger partial charge in [-0.15, -0.1) is 5.10 Å². The Balaban J connectivity index is 1.60. The van der Waals surface area contributed by atoms with Gasteiger partial charge >= 0.3 is 0 Å². The molecule has 1 aromatic carbocycles. The van der Waals surface area contributed by atoms with E-state index in [1.54, 1.807) is 0 Å². The van der Waals surface area contributed by atoms with Crippen LogP contribution in [0.4, 0.5) is 5.82 Å². The molecule has 2 aromatic heterocycles.